The predicted molar refractivity (Wildman–Crippen MR) is 106 cm³/mol. The lowest BCUT2D eigenvalue weighted by Crippen LogP contribution is -2.58. The van der Waals surface area contributed by atoms with Gasteiger partial charge in [0.25, 0.3) is 0 Å². The Morgan fingerprint density at radius 1 is 1.46 bits per heavy atom. The highest BCUT2D eigenvalue weighted by molar-refractivity contribution is 7.14. The highest BCUT2D eigenvalue weighted by Crippen LogP contribution is 2.36. The average molecular weight is 405 g/mol. The zero-order valence-corrected chi connectivity index (χ0v) is 16.6. The topological polar surface area (TPSA) is 63.7 Å². The molecule has 0 radical (unpaired) electrons. The third-order valence-electron chi connectivity index (χ3n) is 5.46. The summed E-state index contributed by atoms with van der Waals surface area (Å²) in [5, 5.41) is 5.28. The molecule has 150 valence electrons. The minimum Gasteiger partial charge on any atom is -0.378 e. The van der Waals surface area contributed by atoms with E-state index in [2.05, 4.69) is 15.2 Å². The van der Waals surface area contributed by atoms with Gasteiger partial charge in [-0.15, -0.1) is 11.3 Å². The van der Waals surface area contributed by atoms with Crippen LogP contribution in [0.3, 0.4) is 0 Å². The van der Waals surface area contributed by atoms with Crippen LogP contribution < -0.4 is 5.32 Å². The minimum atomic E-state index is -0.287. The third-order valence-corrected chi connectivity index (χ3v) is 6.22. The molecular weight excluding hydrogens is 381 g/mol. The van der Waals surface area contributed by atoms with Crippen LogP contribution in [0, 0.1) is 5.82 Å². The van der Waals surface area contributed by atoms with E-state index in [9.17, 15) is 9.18 Å². The SMILES string of the molecule is CO[C@@H]1CCN(CC(=O)Nc2nc(-c3ccc(F)cc3)cs2)C[C@@]12CCCO2. The van der Waals surface area contributed by atoms with Gasteiger partial charge >= 0.3 is 0 Å². The maximum atomic E-state index is 13.1. The largest absolute Gasteiger partial charge is 0.378 e. The van der Waals surface area contributed by atoms with Crippen LogP contribution in [-0.4, -0.2) is 60.8 Å². The van der Waals surface area contributed by atoms with Crippen molar-refractivity contribution in [1.29, 1.82) is 0 Å². The third kappa shape index (κ3) is 4.10. The second-order valence-corrected chi connectivity index (χ2v) is 8.19. The standard InChI is InChI=1S/C20H24FN3O3S/c1-26-17-7-9-24(13-20(17)8-2-10-27-20)11-18(25)23-19-22-16(12-28-19)14-3-5-15(21)6-4-14/h3-6,12,17H,2,7-11,13H2,1H3,(H,22,23,25)/t17-,20+/m1/s1. The van der Waals surface area contributed by atoms with Crippen molar-refractivity contribution < 1.29 is 18.7 Å². The van der Waals surface area contributed by atoms with Gasteiger partial charge in [0, 0.05) is 37.7 Å². The number of nitrogens with one attached hydrogen (secondary N) is 1. The van der Waals surface area contributed by atoms with Crippen LogP contribution in [0.4, 0.5) is 9.52 Å². The zero-order valence-electron chi connectivity index (χ0n) is 15.8. The van der Waals surface area contributed by atoms with Gasteiger partial charge in [0.2, 0.25) is 5.91 Å². The molecule has 1 spiro atoms. The first kappa shape index (κ1) is 19.4. The molecule has 6 nitrogen and oxygen atoms in total. The fourth-order valence-electron chi connectivity index (χ4n) is 4.13. The number of carbonyl (C=O) groups excluding carboxylic acids is 1. The molecule has 1 aromatic heterocycles. The molecule has 8 heteroatoms. The fourth-order valence-corrected chi connectivity index (χ4v) is 4.87. The molecule has 0 bridgehead atoms. The van der Waals surface area contributed by atoms with Crippen LogP contribution in [0.1, 0.15) is 19.3 Å². The van der Waals surface area contributed by atoms with Crippen molar-refractivity contribution in [3.05, 3.63) is 35.5 Å². The molecule has 28 heavy (non-hydrogen) atoms. The quantitative estimate of drug-likeness (QED) is 0.828. The summed E-state index contributed by atoms with van der Waals surface area (Å²) < 4.78 is 24.7. The number of hydrogen-bond donors (Lipinski definition) is 1. The minimum absolute atomic E-state index is 0.0894. The Hall–Kier alpha value is -1.87. The number of halogens is 1. The summed E-state index contributed by atoms with van der Waals surface area (Å²) in [4.78, 5) is 19.1. The van der Waals surface area contributed by atoms with Gasteiger partial charge in [-0.1, -0.05) is 0 Å². The fraction of sp³-hybridized carbons (Fsp3) is 0.500. The summed E-state index contributed by atoms with van der Waals surface area (Å²) in [6.45, 7) is 2.56. The number of anilines is 1. The molecule has 2 aliphatic heterocycles. The summed E-state index contributed by atoms with van der Waals surface area (Å²) in [6, 6.07) is 6.16. The Kier molecular flexibility index (Phi) is 5.73. The van der Waals surface area contributed by atoms with Crippen LogP contribution in [0.25, 0.3) is 11.3 Å². The van der Waals surface area contributed by atoms with Crippen molar-refractivity contribution in [1.82, 2.24) is 9.88 Å². The lowest BCUT2D eigenvalue weighted by atomic mass is 9.87. The number of amides is 1. The second kappa shape index (κ2) is 8.24. The molecule has 1 amide bonds. The highest BCUT2D eigenvalue weighted by atomic mass is 32.1. The monoisotopic (exact) mass is 405 g/mol. The Balaban J connectivity index is 1.35. The van der Waals surface area contributed by atoms with Crippen LogP contribution in [0.2, 0.25) is 0 Å². The number of hydrogen-bond acceptors (Lipinski definition) is 6. The van der Waals surface area contributed by atoms with Crippen LogP contribution >= 0.6 is 11.3 Å². The van der Waals surface area contributed by atoms with E-state index >= 15 is 0 Å². The molecule has 2 atom stereocenters. The zero-order chi connectivity index (χ0) is 19.6. The molecule has 1 N–H and O–H groups in total. The molecule has 3 heterocycles. The van der Waals surface area contributed by atoms with Gasteiger partial charge in [-0.05, 0) is 43.5 Å². The van der Waals surface area contributed by atoms with E-state index < -0.39 is 0 Å². The maximum Gasteiger partial charge on any atom is 0.240 e. The molecule has 2 aliphatic rings. The summed E-state index contributed by atoms with van der Waals surface area (Å²) in [7, 11) is 1.73. The van der Waals surface area contributed by atoms with Crippen LogP contribution in [-0.2, 0) is 14.3 Å². The number of rotatable bonds is 5. The molecule has 2 aromatic rings. The highest BCUT2D eigenvalue weighted by Gasteiger charge is 2.47. The van der Waals surface area contributed by atoms with Crippen molar-refractivity contribution in [2.24, 2.45) is 0 Å². The van der Waals surface area contributed by atoms with E-state index in [0.717, 1.165) is 43.7 Å². The Morgan fingerprint density at radius 2 is 2.29 bits per heavy atom. The molecule has 2 fully saturated rings. The van der Waals surface area contributed by atoms with E-state index in [-0.39, 0.29) is 23.4 Å². The van der Waals surface area contributed by atoms with Crippen molar-refractivity contribution in [2.45, 2.75) is 31.0 Å². The first-order valence-corrected chi connectivity index (χ1v) is 10.4. The van der Waals surface area contributed by atoms with E-state index in [1.165, 1.54) is 23.5 Å². The smallest absolute Gasteiger partial charge is 0.240 e. The summed E-state index contributed by atoms with van der Waals surface area (Å²) in [6.07, 6.45) is 2.95. The number of benzene rings is 1. The molecule has 0 unspecified atom stereocenters. The van der Waals surface area contributed by atoms with E-state index in [1.807, 2.05) is 5.38 Å². The van der Waals surface area contributed by atoms with Crippen LogP contribution in [0.5, 0.6) is 0 Å². The second-order valence-electron chi connectivity index (χ2n) is 7.33. The van der Waals surface area contributed by atoms with E-state index in [1.54, 1.807) is 19.2 Å². The number of carbonyl (C=O) groups is 1. The summed E-state index contributed by atoms with van der Waals surface area (Å²) in [5.74, 6) is -0.377. The number of piperidine rings is 1. The Labute approximate surface area is 167 Å². The van der Waals surface area contributed by atoms with E-state index in [4.69, 9.17) is 9.47 Å². The van der Waals surface area contributed by atoms with Crippen LogP contribution in [0.15, 0.2) is 29.6 Å². The first-order chi connectivity index (χ1) is 13.6. The normalized spacial score (nSPS) is 25.3. The average Bonchev–Trinajstić information content (AvgIpc) is 3.33. The first-order valence-electron chi connectivity index (χ1n) is 9.48. The van der Waals surface area contributed by atoms with Gasteiger partial charge in [0.05, 0.1) is 18.3 Å². The van der Waals surface area contributed by atoms with Crippen molar-refractivity contribution in [3.63, 3.8) is 0 Å². The van der Waals surface area contributed by atoms with Crippen molar-refractivity contribution >= 4 is 22.4 Å². The van der Waals surface area contributed by atoms with Crippen molar-refractivity contribution in [3.8, 4) is 11.3 Å². The van der Waals surface area contributed by atoms with Gasteiger partial charge in [-0.3, -0.25) is 9.69 Å². The number of methoxy groups -OCH3 is 1. The maximum absolute atomic E-state index is 13.1. The molecule has 0 saturated carbocycles. The predicted octanol–water partition coefficient (Wildman–Crippen LogP) is 3.16. The Bertz CT molecular complexity index is 820. The van der Waals surface area contributed by atoms with Gasteiger partial charge in [-0.2, -0.15) is 0 Å². The number of ether oxygens (including phenoxy) is 2. The summed E-state index contributed by atoms with van der Waals surface area (Å²) in [5.41, 5.74) is 1.25. The van der Waals surface area contributed by atoms with Gasteiger partial charge in [0.15, 0.2) is 5.13 Å². The number of aromatic nitrogens is 1. The summed E-state index contributed by atoms with van der Waals surface area (Å²) >= 11 is 1.36. The Morgan fingerprint density at radius 3 is 3.00 bits per heavy atom. The van der Waals surface area contributed by atoms with Gasteiger partial charge in [0.1, 0.15) is 11.4 Å². The number of nitrogens with zero attached hydrogens (tertiary/aromatic N) is 2. The number of likely N-dealkylation sites (tertiary alicyclic amines) is 1. The molecule has 1 aromatic carbocycles. The lowest BCUT2D eigenvalue weighted by Gasteiger charge is -2.44. The molecule has 0 aliphatic carbocycles. The molecular formula is C20H24FN3O3S. The van der Waals surface area contributed by atoms with Crippen molar-refractivity contribution in [2.75, 3.05) is 38.7 Å². The molecule has 2 saturated heterocycles. The van der Waals surface area contributed by atoms with Gasteiger partial charge < -0.3 is 14.8 Å². The molecule has 4 rings (SSSR count). The van der Waals surface area contributed by atoms with Gasteiger partial charge in [-0.25, -0.2) is 9.37 Å². The number of thiazole rings is 1. The van der Waals surface area contributed by atoms with E-state index in [0.29, 0.717) is 18.2 Å². The lowest BCUT2D eigenvalue weighted by molar-refractivity contribution is -0.146.